The predicted molar refractivity (Wildman–Crippen MR) is 186 cm³/mol. The van der Waals surface area contributed by atoms with Gasteiger partial charge in [-0.2, -0.15) is 13.2 Å². The van der Waals surface area contributed by atoms with E-state index in [2.05, 4.69) is 40.7 Å². The zero-order valence-electron chi connectivity index (χ0n) is 28.4. The summed E-state index contributed by atoms with van der Waals surface area (Å²) >= 11 is 5.14. The minimum atomic E-state index is -5.08. The van der Waals surface area contributed by atoms with Crippen molar-refractivity contribution in [2.45, 2.75) is 74.3 Å². The summed E-state index contributed by atoms with van der Waals surface area (Å²) in [4.78, 5) is 52.8. The first-order valence-corrected chi connectivity index (χ1v) is 18.4. The second kappa shape index (κ2) is 17.7. The number of rotatable bonds is 11. The molecule has 284 valence electrons. The molecule has 52 heavy (non-hydrogen) atoms. The van der Waals surface area contributed by atoms with Gasteiger partial charge in [0.15, 0.2) is 39.7 Å². The Morgan fingerprint density at radius 1 is 1.12 bits per heavy atom. The van der Waals surface area contributed by atoms with Crippen molar-refractivity contribution < 1.29 is 46.9 Å². The number of carboxylic acids is 1. The molecule has 0 radical (unpaired) electrons. The number of piperidine rings is 1. The Kier molecular flexibility index (Phi) is 13.3. The molecule has 2 fully saturated rings. The number of benzene rings is 1. The van der Waals surface area contributed by atoms with E-state index in [0.29, 0.717) is 60.6 Å². The minimum absolute atomic E-state index is 0.151. The standard InChI is InChI=1S/C30H39BrN8O5S.C2HF3O2/c1-19(44-30(41)33-8-4-11-37-9-2-3-10-37)28(40)38-12-5-20(6-13-38)7-14-39-27-25(26(32)34-17-35-27)36-29(39)45-24-16-23-22(15-21(24)31)42-18-43-23;3-2(4,5)1(6)7/h15-17,19-20H,2-14,18H2,1H3,(H,33,41)(H2,32,34,35);(H,6,7)/t19-;/m0./s1. The van der Waals surface area contributed by atoms with Crippen LogP contribution in [0, 0.1) is 5.92 Å². The number of likely N-dealkylation sites (tertiary alicyclic amines) is 2. The highest BCUT2D eigenvalue weighted by atomic mass is 79.9. The predicted octanol–water partition coefficient (Wildman–Crippen LogP) is 4.91. The number of carboxylic acid groups (broad SMARTS) is 1. The highest BCUT2D eigenvalue weighted by molar-refractivity contribution is 9.10. The first-order valence-electron chi connectivity index (χ1n) is 16.8. The lowest BCUT2D eigenvalue weighted by Crippen LogP contribution is -2.45. The molecule has 0 saturated carbocycles. The zero-order chi connectivity index (χ0) is 37.4. The summed E-state index contributed by atoms with van der Waals surface area (Å²) in [5.41, 5.74) is 7.43. The van der Waals surface area contributed by atoms with Gasteiger partial charge in [0.25, 0.3) is 5.91 Å². The Morgan fingerprint density at radius 2 is 1.79 bits per heavy atom. The number of aryl methyl sites for hydroxylation is 1. The number of nitrogens with one attached hydrogen (secondary N) is 1. The van der Waals surface area contributed by atoms with E-state index >= 15 is 0 Å². The Hall–Kier alpha value is -4.04. The van der Waals surface area contributed by atoms with Crippen LogP contribution in [0.1, 0.15) is 45.4 Å². The third-order valence-corrected chi connectivity index (χ3v) is 10.8. The highest BCUT2D eigenvalue weighted by Crippen LogP contribution is 2.43. The van der Waals surface area contributed by atoms with Crippen LogP contribution in [0.5, 0.6) is 11.5 Å². The number of alkyl halides is 3. The first kappa shape index (κ1) is 39.2. The average molecular weight is 818 g/mol. The van der Waals surface area contributed by atoms with Crippen LogP contribution in [0.4, 0.5) is 23.8 Å². The molecule has 5 heterocycles. The number of aromatic nitrogens is 4. The van der Waals surface area contributed by atoms with Crippen molar-refractivity contribution in [2.24, 2.45) is 5.92 Å². The third-order valence-electron chi connectivity index (χ3n) is 8.83. The lowest BCUT2D eigenvalue weighted by Gasteiger charge is -2.33. The van der Waals surface area contributed by atoms with E-state index in [-0.39, 0.29) is 12.7 Å². The summed E-state index contributed by atoms with van der Waals surface area (Å²) in [5.74, 6) is -0.765. The number of alkyl carbamates (subject to hydrolysis) is 1. The number of nitrogens with zero attached hydrogens (tertiary/aromatic N) is 6. The van der Waals surface area contributed by atoms with Crippen LogP contribution in [0.15, 0.2) is 33.0 Å². The van der Waals surface area contributed by atoms with Gasteiger partial charge < -0.3 is 44.7 Å². The largest absolute Gasteiger partial charge is 0.490 e. The number of hydrogen-bond donors (Lipinski definition) is 3. The molecule has 2 saturated heterocycles. The van der Waals surface area contributed by atoms with Gasteiger partial charge >= 0.3 is 18.2 Å². The molecule has 0 unspecified atom stereocenters. The summed E-state index contributed by atoms with van der Waals surface area (Å²) in [6, 6.07) is 3.84. The van der Waals surface area contributed by atoms with Crippen LogP contribution in [-0.4, -0.2) is 111 Å². The van der Waals surface area contributed by atoms with Gasteiger partial charge in [0, 0.05) is 35.5 Å². The van der Waals surface area contributed by atoms with Crippen molar-refractivity contribution in [2.75, 3.05) is 51.8 Å². The number of nitrogen functional groups attached to an aromatic ring is 1. The van der Waals surface area contributed by atoms with Crippen molar-refractivity contribution in [1.29, 1.82) is 0 Å². The van der Waals surface area contributed by atoms with Gasteiger partial charge in [-0.05, 0) is 99.1 Å². The number of halogens is 4. The van der Waals surface area contributed by atoms with E-state index < -0.39 is 24.3 Å². The van der Waals surface area contributed by atoms with Gasteiger partial charge in [0.2, 0.25) is 6.79 Å². The van der Waals surface area contributed by atoms with E-state index in [1.807, 2.05) is 12.1 Å². The maximum atomic E-state index is 13.0. The SMILES string of the molecule is C[C@H](OC(=O)NCCCN1CCCC1)C(=O)N1CCC(CCn2c(Sc3cc4c(cc3Br)OCO4)nc3c(N)ncnc32)CC1.O=C(O)C(F)(F)F. The number of anilines is 1. The molecular formula is C32H40BrF3N8O7S. The monoisotopic (exact) mass is 816 g/mol. The lowest BCUT2D eigenvalue weighted by atomic mass is 9.93. The molecule has 3 aliphatic rings. The zero-order valence-corrected chi connectivity index (χ0v) is 30.8. The third kappa shape index (κ3) is 10.3. The van der Waals surface area contributed by atoms with Gasteiger partial charge in [-0.25, -0.2) is 24.5 Å². The van der Waals surface area contributed by atoms with Crippen LogP contribution in [0.3, 0.4) is 0 Å². The molecule has 20 heteroatoms. The molecular weight excluding hydrogens is 777 g/mol. The molecule has 6 rings (SSSR count). The quantitative estimate of drug-likeness (QED) is 0.222. The summed E-state index contributed by atoms with van der Waals surface area (Å²) in [6.07, 6.45) is 1.01. The number of fused-ring (bicyclic) bond motifs is 2. The van der Waals surface area contributed by atoms with Crippen molar-refractivity contribution in [3.8, 4) is 11.5 Å². The minimum Gasteiger partial charge on any atom is -0.475 e. The molecule has 3 aromatic rings. The Balaban J connectivity index is 0.000000679. The van der Waals surface area contributed by atoms with Gasteiger partial charge in [-0.1, -0.05) is 11.8 Å². The number of amides is 2. The molecule has 2 amide bonds. The molecule has 2 aromatic heterocycles. The van der Waals surface area contributed by atoms with Gasteiger partial charge in [0.05, 0.1) is 0 Å². The highest BCUT2D eigenvalue weighted by Gasteiger charge is 2.38. The van der Waals surface area contributed by atoms with Crippen molar-refractivity contribution in [3.05, 3.63) is 22.9 Å². The molecule has 1 aromatic carbocycles. The van der Waals surface area contributed by atoms with Crippen LogP contribution in [0.25, 0.3) is 11.2 Å². The van der Waals surface area contributed by atoms with Crippen molar-refractivity contribution >= 4 is 62.6 Å². The smallest absolute Gasteiger partial charge is 0.475 e. The number of imidazole rings is 1. The summed E-state index contributed by atoms with van der Waals surface area (Å²) < 4.78 is 51.2. The van der Waals surface area contributed by atoms with Crippen LogP contribution < -0.4 is 20.5 Å². The fourth-order valence-electron chi connectivity index (χ4n) is 6.05. The molecule has 1 atom stereocenters. The van der Waals surface area contributed by atoms with E-state index in [1.165, 1.54) is 30.9 Å². The summed E-state index contributed by atoms with van der Waals surface area (Å²) in [5, 5.41) is 10.7. The molecule has 0 aliphatic carbocycles. The first-order chi connectivity index (χ1) is 24.8. The Labute approximate surface area is 309 Å². The van der Waals surface area contributed by atoms with E-state index in [1.54, 1.807) is 11.8 Å². The summed E-state index contributed by atoms with van der Waals surface area (Å²) in [6.45, 7) is 7.57. The topological polar surface area (TPSA) is 187 Å². The van der Waals surface area contributed by atoms with Gasteiger partial charge in [-0.3, -0.25) is 4.79 Å². The molecule has 0 bridgehead atoms. The van der Waals surface area contributed by atoms with Crippen LogP contribution in [0.2, 0.25) is 0 Å². The Morgan fingerprint density at radius 3 is 2.46 bits per heavy atom. The van der Waals surface area contributed by atoms with E-state index in [9.17, 15) is 22.8 Å². The van der Waals surface area contributed by atoms with E-state index in [4.69, 9.17) is 34.8 Å². The van der Waals surface area contributed by atoms with Crippen molar-refractivity contribution in [1.82, 2.24) is 34.6 Å². The van der Waals surface area contributed by atoms with Crippen LogP contribution in [-0.2, 0) is 20.9 Å². The number of nitrogens with two attached hydrogens (primary N) is 1. The number of hydrogen-bond acceptors (Lipinski definition) is 12. The molecule has 4 N–H and O–H groups in total. The lowest BCUT2D eigenvalue weighted by molar-refractivity contribution is -0.192. The molecule has 15 nitrogen and oxygen atoms in total. The fourth-order valence-corrected chi connectivity index (χ4v) is 7.56. The molecule has 0 spiro atoms. The average Bonchev–Trinajstić information content (AvgIpc) is 3.87. The number of carbonyl (C=O) groups excluding carboxylic acids is 2. The van der Waals surface area contributed by atoms with Crippen LogP contribution >= 0.6 is 27.7 Å². The number of ether oxygens (including phenoxy) is 3. The Bertz CT molecular complexity index is 1740. The maximum Gasteiger partial charge on any atom is 0.490 e. The second-order valence-corrected chi connectivity index (χ2v) is 14.3. The van der Waals surface area contributed by atoms with Crippen molar-refractivity contribution in [3.63, 3.8) is 0 Å². The number of aliphatic carboxylic acids is 1. The fraction of sp³-hybridized carbons (Fsp3) is 0.562. The maximum absolute atomic E-state index is 13.0. The van der Waals surface area contributed by atoms with Gasteiger partial charge in [-0.15, -0.1) is 0 Å². The number of carbonyl (C=O) groups is 3. The van der Waals surface area contributed by atoms with Gasteiger partial charge in [0.1, 0.15) is 6.33 Å². The van der Waals surface area contributed by atoms with E-state index in [0.717, 1.165) is 59.8 Å². The second-order valence-electron chi connectivity index (χ2n) is 12.5. The molecule has 3 aliphatic heterocycles. The normalized spacial score (nSPS) is 16.8. The summed E-state index contributed by atoms with van der Waals surface area (Å²) in [7, 11) is 0.